The molecule has 21 heavy (non-hydrogen) atoms. The van der Waals surface area contributed by atoms with Gasteiger partial charge in [-0.05, 0) is 30.3 Å². The highest BCUT2D eigenvalue weighted by Gasteiger charge is 2.20. The van der Waals surface area contributed by atoms with Crippen LogP contribution in [-0.2, 0) is 0 Å². The lowest BCUT2D eigenvalue weighted by atomic mass is 10.2. The van der Waals surface area contributed by atoms with Gasteiger partial charge in [-0.1, -0.05) is 43.3 Å². The summed E-state index contributed by atoms with van der Waals surface area (Å²) in [5.41, 5.74) is 1.28. The van der Waals surface area contributed by atoms with E-state index in [0.29, 0.717) is 0 Å². The van der Waals surface area contributed by atoms with E-state index in [2.05, 4.69) is 59.6 Å². The molecule has 114 valence electrons. The molecule has 0 unspecified atom stereocenters. The van der Waals surface area contributed by atoms with Gasteiger partial charge in [0, 0.05) is 6.54 Å². The molecule has 1 fully saturated rings. The molecule has 1 saturated heterocycles. The Morgan fingerprint density at radius 3 is 2.67 bits per heavy atom. The first-order valence-electron chi connectivity index (χ1n) is 7.87. The lowest BCUT2D eigenvalue weighted by Crippen LogP contribution is -3.14. The third-order valence-corrected chi connectivity index (χ3v) is 4.20. The summed E-state index contributed by atoms with van der Waals surface area (Å²) < 4.78 is 0. The van der Waals surface area contributed by atoms with Gasteiger partial charge in [-0.25, -0.2) is 0 Å². The summed E-state index contributed by atoms with van der Waals surface area (Å²) in [7, 11) is 0. The summed E-state index contributed by atoms with van der Waals surface area (Å²) in [6.07, 6.45) is 5.62. The predicted octanol–water partition coefficient (Wildman–Crippen LogP) is 1.18. The summed E-state index contributed by atoms with van der Waals surface area (Å²) >= 11 is 5.42. The first-order valence-corrected chi connectivity index (χ1v) is 8.28. The molecule has 1 aromatic rings. The summed E-state index contributed by atoms with van der Waals surface area (Å²) in [4.78, 5) is 3.94. The van der Waals surface area contributed by atoms with Crippen molar-refractivity contribution >= 4 is 23.4 Å². The quantitative estimate of drug-likeness (QED) is 0.797. The van der Waals surface area contributed by atoms with E-state index in [0.717, 1.165) is 50.8 Å². The number of thiocarbonyl (C=S) groups is 1. The van der Waals surface area contributed by atoms with Crippen molar-refractivity contribution in [3.05, 3.63) is 42.0 Å². The van der Waals surface area contributed by atoms with E-state index in [1.54, 1.807) is 4.90 Å². The zero-order valence-electron chi connectivity index (χ0n) is 12.8. The zero-order chi connectivity index (χ0) is 14.9. The number of rotatable bonds is 5. The second-order valence-corrected chi connectivity index (χ2v) is 5.87. The Hall–Kier alpha value is -1.39. The molecule has 1 aromatic carbocycles. The van der Waals surface area contributed by atoms with Crippen LogP contribution in [0.1, 0.15) is 18.9 Å². The van der Waals surface area contributed by atoms with Crippen molar-refractivity contribution in [2.75, 3.05) is 39.3 Å². The Bertz CT molecular complexity index is 450. The molecular weight excluding hydrogens is 278 g/mol. The maximum absolute atomic E-state index is 5.42. The molecule has 3 nitrogen and oxygen atoms in total. The number of hydrogen-bond acceptors (Lipinski definition) is 1. The fraction of sp³-hybridized carbons (Fsp3) is 0.471. The molecule has 0 spiro atoms. The van der Waals surface area contributed by atoms with Crippen molar-refractivity contribution in [1.29, 1.82) is 0 Å². The highest BCUT2D eigenvalue weighted by atomic mass is 32.1. The summed E-state index contributed by atoms with van der Waals surface area (Å²) in [6, 6.07) is 10.5. The Balaban J connectivity index is 1.69. The monoisotopic (exact) mass is 304 g/mol. The first kappa shape index (κ1) is 16.0. The molecule has 2 N–H and O–H groups in total. The molecule has 1 heterocycles. The van der Waals surface area contributed by atoms with Crippen LogP contribution in [0.2, 0.25) is 0 Å². The summed E-state index contributed by atoms with van der Waals surface area (Å²) in [5, 5.41) is 4.24. The molecule has 1 aliphatic rings. The minimum atomic E-state index is 0.927. The van der Waals surface area contributed by atoms with Gasteiger partial charge < -0.3 is 15.1 Å². The number of hydrogen-bond donors (Lipinski definition) is 2. The molecule has 2 rings (SSSR count). The lowest BCUT2D eigenvalue weighted by Gasteiger charge is -2.33. The second kappa shape index (κ2) is 8.80. The van der Waals surface area contributed by atoms with Crippen LogP contribution < -0.4 is 10.2 Å². The minimum absolute atomic E-state index is 0.927. The highest BCUT2D eigenvalue weighted by Crippen LogP contribution is 1.99. The van der Waals surface area contributed by atoms with Gasteiger partial charge in [-0.2, -0.15) is 0 Å². The van der Waals surface area contributed by atoms with Crippen LogP contribution in [0.15, 0.2) is 36.4 Å². The fourth-order valence-electron chi connectivity index (χ4n) is 2.50. The van der Waals surface area contributed by atoms with E-state index in [1.807, 2.05) is 0 Å². The summed E-state index contributed by atoms with van der Waals surface area (Å²) in [6.45, 7) is 8.68. The predicted molar refractivity (Wildman–Crippen MR) is 93.5 cm³/mol. The first-order chi connectivity index (χ1) is 10.3. The van der Waals surface area contributed by atoms with Gasteiger partial charge in [0.15, 0.2) is 5.11 Å². The van der Waals surface area contributed by atoms with Gasteiger partial charge in [-0.3, -0.25) is 0 Å². The van der Waals surface area contributed by atoms with Crippen LogP contribution >= 0.6 is 12.2 Å². The molecule has 0 saturated carbocycles. The maximum atomic E-state index is 5.42. The van der Waals surface area contributed by atoms with Crippen LogP contribution in [0.25, 0.3) is 6.08 Å². The fourth-order valence-corrected chi connectivity index (χ4v) is 2.78. The van der Waals surface area contributed by atoms with Gasteiger partial charge in [0.05, 0.1) is 32.7 Å². The van der Waals surface area contributed by atoms with E-state index in [1.165, 1.54) is 5.56 Å². The molecule has 0 amide bonds. The van der Waals surface area contributed by atoms with Gasteiger partial charge in [0.25, 0.3) is 0 Å². The van der Waals surface area contributed by atoms with Crippen molar-refractivity contribution in [1.82, 2.24) is 10.2 Å². The average molecular weight is 304 g/mol. The van der Waals surface area contributed by atoms with E-state index in [4.69, 9.17) is 12.2 Å². The number of nitrogens with one attached hydrogen (secondary N) is 2. The Kier molecular flexibility index (Phi) is 6.70. The summed E-state index contributed by atoms with van der Waals surface area (Å²) in [5.74, 6) is 0. The molecule has 0 atom stereocenters. The van der Waals surface area contributed by atoms with Crippen LogP contribution in [0.5, 0.6) is 0 Å². The average Bonchev–Trinajstić information content (AvgIpc) is 2.54. The van der Waals surface area contributed by atoms with Crippen LogP contribution in [0, 0.1) is 0 Å². The number of nitrogens with zero attached hydrogens (tertiary/aromatic N) is 1. The van der Waals surface area contributed by atoms with E-state index in [9.17, 15) is 0 Å². The molecular formula is C17H26N3S+. The smallest absolute Gasteiger partial charge is 0.169 e. The van der Waals surface area contributed by atoms with Gasteiger partial charge in [-0.15, -0.1) is 0 Å². The molecule has 0 radical (unpaired) electrons. The number of benzene rings is 1. The number of quaternary nitrogens is 1. The van der Waals surface area contributed by atoms with Crippen molar-refractivity contribution in [3.63, 3.8) is 0 Å². The number of piperazine rings is 1. The third-order valence-electron chi connectivity index (χ3n) is 3.80. The minimum Gasteiger partial charge on any atom is -0.363 e. The topological polar surface area (TPSA) is 19.7 Å². The van der Waals surface area contributed by atoms with E-state index >= 15 is 0 Å². The van der Waals surface area contributed by atoms with E-state index < -0.39 is 0 Å². The Labute approximate surface area is 133 Å². The lowest BCUT2D eigenvalue weighted by molar-refractivity contribution is -0.897. The normalized spacial score (nSPS) is 16.3. The van der Waals surface area contributed by atoms with Crippen molar-refractivity contribution in [2.45, 2.75) is 13.3 Å². The largest absolute Gasteiger partial charge is 0.363 e. The van der Waals surface area contributed by atoms with Crippen LogP contribution in [0.4, 0.5) is 0 Å². The standard InChI is InChI=1S/C17H25N3S/c1-2-10-18-17(21)20-14-12-19(13-15-20)11-6-9-16-7-4-3-5-8-16/h3-9H,2,10-15H2,1H3,(H,18,21)/p+1/b9-6+. The molecule has 0 aromatic heterocycles. The zero-order valence-corrected chi connectivity index (χ0v) is 13.7. The molecule has 0 bridgehead atoms. The second-order valence-electron chi connectivity index (χ2n) is 5.49. The van der Waals surface area contributed by atoms with Crippen LogP contribution in [-0.4, -0.2) is 49.3 Å². The molecule has 4 heteroatoms. The molecule has 1 aliphatic heterocycles. The third kappa shape index (κ3) is 5.48. The van der Waals surface area contributed by atoms with E-state index in [-0.39, 0.29) is 0 Å². The van der Waals surface area contributed by atoms with Gasteiger partial charge in [0.2, 0.25) is 0 Å². The van der Waals surface area contributed by atoms with Crippen LogP contribution in [0.3, 0.4) is 0 Å². The van der Waals surface area contributed by atoms with Crippen molar-refractivity contribution < 1.29 is 4.90 Å². The molecule has 0 aliphatic carbocycles. The van der Waals surface area contributed by atoms with Crippen molar-refractivity contribution in [3.8, 4) is 0 Å². The maximum Gasteiger partial charge on any atom is 0.169 e. The van der Waals surface area contributed by atoms with Gasteiger partial charge in [0.1, 0.15) is 0 Å². The SMILES string of the molecule is CCCNC(=S)N1CC[NH+](C/C=C/c2ccccc2)CC1. The Morgan fingerprint density at radius 1 is 1.29 bits per heavy atom. The highest BCUT2D eigenvalue weighted by molar-refractivity contribution is 7.80. The van der Waals surface area contributed by atoms with Crippen molar-refractivity contribution in [2.24, 2.45) is 0 Å². The van der Waals surface area contributed by atoms with Gasteiger partial charge >= 0.3 is 0 Å². The Morgan fingerprint density at radius 2 is 2.00 bits per heavy atom.